The summed E-state index contributed by atoms with van der Waals surface area (Å²) < 4.78 is 21.7. The molecule has 0 atom stereocenters. The lowest BCUT2D eigenvalue weighted by Crippen LogP contribution is -2.29. The van der Waals surface area contributed by atoms with Crippen molar-refractivity contribution >= 4 is 5.52 Å². The molecule has 0 N–H and O–H groups in total. The lowest BCUT2D eigenvalue weighted by molar-refractivity contribution is 0.303. The van der Waals surface area contributed by atoms with Gasteiger partial charge >= 0.3 is 5.69 Å². The third-order valence-corrected chi connectivity index (χ3v) is 5.11. The zero-order valence-electron chi connectivity index (χ0n) is 16.0. The van der Waals surface area contributed by atoms with Crippen LogP contribution in [-0.2, 0) is 0 Å². The number of aryl methyl sites for hydroxylation is 2. The summed E-state index contributed by atoms with van der Waals surface area (Å²) in [5.74, 6) is 0.270. The lowest BCUT2D eigenvalue weighted by atomic mass is 10.0. The molecule has 8 heteroatoms. The lowest BCUT2D eigenvalue weighted by Gasteiger charge is -2.08. The van der Waals surface area contributed by atoms with Gasteiger partial charge in [-0.25, -0.2) is 19.2 Å². The number of nitrogens with zero attached hydrogens (tertiary/aromatic N) is 5. The molecular weight excluding hydrogens is 373 g/mol. The minimum atomic E-state index is -0.577. The molecule has 0 unspecified atom stereocenters. The van der Waals surface area contributed by atoms with Crippen molar-refractivity contribution < 1.29 is 9.13 Å². The van der Waals surface area contributed by atoms with E-state index in [0.29, 0.717) is 11.6 Å². The van der Waals surface area contributed by atoms with Gasteiger partial charge in [0.05, 0.1) is 30.2 Å². The number of rotatable bonds is 4. The first-order valence-corrected chi connectivity index (χ1v) is 9.38. The van der Waals surface area contributed by atoms with E-state index >= 15 is 0 Å². The van der Waals surface area contributed by atoms with Gasteiger partial charge in [-0.15, -0.1) is 4.68 Å². The van der Waals surface area contributed by atoms with Crippen LogP contribution in [0, 0.1) is 19.7 Å². The van der Waals surface area contributed by atoms with E-state index in [4.69, 9.17) is 4.74 Å². The van der Waals surface area contributed by atoms with Crippen molar-refractivity contribution in [3.8, 4) is 22.8 Å². The number of hydrogen-bond acceptors (Lipinski definition) is 5. The Bertz CT molecular complexity index is 1290. The van der Waals surface area contributed by atoms with Crippen molar-refractivity contribution in [3.05, 3.63) is 70.4 Å². The average molecular weight is 391 g/mol. The van der Waals surface area contributed by atoms with Gasteiger partial charge in [-0.05, 0) is 49.9 Å². The van der Waals surface area contributed by atoms with Gasteiger partial charge in [0, 0.05) is 11.3 Å². The summed E-state index contributed by atoms with van der Waals surface area (Å²) in [5.41, 5.74) is 3.96. The molecule has 0 saturated heterocycles. The highest BCUT2D eigenvalue weighted by molar-refractivity contribution is 5.79. The molecule has 3 heterocycles. The number of benzene rings is 1. The molecule has 4 aromatic rings. The maximum atomic E-state index is 13.1. The van der Waals surface area contributed by atoms with Crippen LogP contribution in [0.15, 0.2) is 47.7 Å². The molecule has 1 fully saturated rings. The molecule has 0 bridgehead atoms. The molecule has 5 rings (SSSR count). The van der Waals surface area contributed by atoms with Crippen LogP contribution in [0.2, 0.25) is 0 Å². The minimum Gasteiger partial charge on any atom is -0.490 e. The maximum absolute atomic E-state index is 13.1. The molecular formula is C21H18FN5O2. The number of fused-ring (bicyclic) bond motifs is 1. The van der Waals surface area contributed by atoms with Gasteiger partial charge in [-0.3, -0.25) is 4.40 Å². The van der Waals surface area contributed by atoms with Crippen LogP contribution in [0.1, 0.15) is 24.1 Å². The summed E-state index contributed by atoms with van der Waals surface area (Å²) in [6, 6.07) is 7.91. The Hall–Kier alpha value is -3.55. The van der Waals surface area contributed by atoms with Crippen molar-refractivity contribution in [2.45, 2.75) is 32.8 Å². The molecule has 0 amide bonds. The zero-order valence-corrected chi connectivity index (χ0v) is 16.0. The van der Waals surface area contributed by atoms with Gasteiger partial charge in [0.25, 0.3) is 5.95 Å². The van der Waals surface area contributed by atoms with E-state index in [0.717, 1.165) is 58.1 Å². The molecule has 1 aromatic carbocycles. The van der Waals surface area contributed by atoms with E-state index in [1.807, 2.05) is 38.1 Å². The standard InChI is InChI=1S/C21H18FN5O2/c1-12-18-11-25-27(20-23-9-15(22)10-24-20)21(28)26(18)13(2)19(12)14-4-3-5-17(8-14)29-16-6-7-16/h3-5,8-11,16H,6-7H2,1-2H3. The van der Waals surface area contributed by atoms with E-state index in [1.54, 1.807) is 10.6 Å². The SMILES string of the molecule is Cc1c(-c2cccc(OC3CC3)c2)c(C)n2c(=O)n(-c3ncc(F)cn3)ncc12. The molecule has 7 nitrogen and oxygen atoms in total. The second-order valence-electron chi connectivity index (χ2n) is 7.19. The molecule has 3 aromatic heterocycles. The van der Waals surface area contributed by atoms with Crippen LogP contribution in [-0.4, -0.2) is 30.3 Å². The fourth-order valence-electron chi connectivity index (χ4n) is 3.60. The van der Waals surface area contributed by atoms with Crippen molar-refractivity contribution in [1.82, 2.24) is 24.1 Å². The Morgan fingerprint density at radius 3 is 2.62 bits per heavy atom. The quantitative estimate of drug-likeness (QED) is 0.534. The Labute approximate surface area is 165 Å². The highest BCUT2D eigenvalue weighted by Crippen LogP contribution is 2.34. The normalized spacial score (nSPS) is 13.8. The second-order valence-corrected chi connectivity index (χ2v) is 7.19. The predicted molar refractivity (Wildman–Crippen MR) is 105 cm³/mol. The Morgan fingerprint density at radius 2 is 1.90 bits per heavy atom. The van der Waals surface area contributed by atoms with Gasteiger partial charge in [-0.1, -0.05) is 12.1 Å². The molecule has 0 radical (unpaired) electrons. The van der Waals surface area contributed by atoms with E-state index in [-0.39, 0.29) is 5.95 Å². The van der Waals surface area contributed by atoms with Crippen molar-refractivity contribution in [1.29, 1.82) is 0 Å². The van der Waals surface area contributed by atoms with Gasteiger partial charge in [0.1, 0.15) is 5.75 Å². The largest absolute Gasteiger partial charge is 0.490 e. The molecule has 1 saturated carbocycles. The van der Waals surface area contributed by atoms with Gasteiger partial charge in [0.2, 0.25) is 0 Å². The maximum Gasteiger partial charge on any atom is 0.356 e. The second kappa shape index (κ2) is 6.51. The Balaban J connectivity index is 1.67. The van der Waals surface area contributed by atoms with Gasteiger partial charge in [0.15, 0.2) is 5.82 Å². The van der Waals surface area contributed by atoms with Gasteiger partial charge in [-0.2, -0.15) is 5.10 Å². The molecule has 0 aliphatic heterocycles. The van der Waals surface area contributed by atoms with Crippen molar-refractivity contribution in [2.75, 3.05) is 0 Å². The smallest absolute Gasteiger partial charge is 0.356 e. The summed E-state index contributed by atoms with van der Waals surface area (Å²) in [6.07, 6.45) is 6.11. The summed E-state index contributed by atoms with van der Waals surface area (Å²) >= 11 is 0. The van der Waals surface area contributed by atoms with E-state index < -0.39 is 11.5 Å². The number of hydrogen-bond donors (Lipinski definition) is 0. The molecule has 1 aliphatic carbocycles. The van der Waals surface area contributed by atoms with Crippen molar-refractivity contribution in [2.24, 2.45) is 0 Å². The van der Waals surface area contributed by atoms with Crippen LogP contribution in [0.5, 0.6) is 5.75 Å². The van der Waals surface area contributed by atoms with Crippen molar-refractivity contribution in [3.63, 3.8) is 0 Å². The third-order valence-electron chi connectivity index (χ3n) is 5.11. The highest BCUT2D eigenvalue weighted by Gasteiger charge is 2.24. The van der Waals surface area contributed by atoms with Crippen LogP contribution < -0.4 is 10.4 Å². The fraction of sp³-hybridized carbons (Fsp3) is 0.238. The average Bonchev–Trinajstić information content (AvgIpc) is 3.48. The highest BCUT2D eigenvalue weighted by atomic mass is 19.1. The molecule has 29 heavy (non-hydrogen) atoms. The number of ether oxygens (including phenoxy) is 1. The molecule has 146 valence electrons. The number of aromatic nitrogens is 5. The summed E-state index contributed by atoms with van der Waals surface area (Å²) in [5, 5.41) is 4.19. The topological polar surface area (TPSA) is 74.3 Å². The Morgan fingerprint density at radius 1 is 1.14 bits per heavy atom. The number of halogens is 1. The van der Waals surface area contributed by atoms with E-state index in [9.17, 15) is 9.18 Å². The monoisotopic (exact) mass is 391 g/mol. The Kier molecular flexibility index (Phi) is 3.94. The zero-order chi connectivity index (χ0) is 20.1. The fourth-order valence-corrected chi connectivity index (χ4v) is 3.60. The summed E-state index contributed by atoms with van der Waals surface area (Å²) in [4.78, 5) is 20.8. The first kappa shape index (κ1) is 17.5. The van der Waals surface area contributed by atoms with Crippen LogP contribution >= 0.6 is 0 Å². The van der Waals surface area contributed by atoms with E-state index in [1.165, 1.54) is 0 Å². The third kappa shape index (κ3) is 2.97. The van der Waals surface area contributed by atoms with Crippen LogP contribution in [0.25, 0.3) is 22.6 Å². The summed E-state index contributed by atoms with van der Waals surface area (Å²) in [6.45, 7) is 3.85. The minimum absolute atomic E-state index is 0.0189. The van der Waals surface area contributed by atoms with Crippen LogP contribution in [0.3, 0.4) is 0 Å². The first-order valence-electron chi connectivity index (χ1n) is 9.38. The molecule has 0 spiro atoms. The van der Waals surface area contributed by atoms with Crippen LogP contribution in [0.4, 0.5) is 4.39 Å². The van der Waals surface area contributed by atoms with Gasteiger partial charge < -0.3 is 4.74 Å². The summed E-state index contributed by atoms with van der Waals surface area (Å²) in [7, 11) is 0. The predicted octanol–water partition coefficient (Wildman–Crippen LogP) is 3.24. The first-order chi connectivity index (χ1) is 14.0. The molecule has 1 aliphatic rings. The van der Waals surface area contributed by atoms with E-state index in [2.05, 4.69) is 15.1 Å².